The number of ether oxygens (including phenoxy) is 1. The van der Waals surface area contributed by atoms with Gasteiger partial charge in [-0.15, -0.1) is 0 Å². The number of nitrogens with zero attached hydrogens (tertiary/aromatic N) is 1. The predicted octanol–water partition coefficient (Wildman–Crippen LogP) is 2.77. The standard InChI is InChI=1S/C15H13NO2/c16-10-13-8-4-5-9-14(13)11-18-15(17)12-6-2-1-3-7-12/h1-9,15,17H,11H2. The highest BCUT2D eigenvalue weighted by atomic mass is 16.6. The minimum Gasteiger partial charge on any atom is -0.364 e. The summed E-state index contributed by atoms with van der Waals surface area (Å²) in [4.78, 5) is 0. The Labute approximate surface area is 106 Å². The van der Waals surface area contributed by atoms with Gasteiger partial charge in [-0.05, 0) is 11.6 Å². The molecule has 0 aromatic heterocycles. The molecule has 2 rings (SSSR count). The van der Waals surface area contributed by atoms with Gasteiger partial charge < -0.3 is 9.84 Å². The number of aliphatic hydroxyl groups excluding tert-OH is 1. The van der Waals surface area contributed by atoms with E-state index in [1.807, 2.05) is 30.3 Å². The minimum atomic E-state index is -0.974. The smallest absolute Gasteiger partial charge is 0.181 e. The van der Waals surface area contributed by atoms with E-state index in [4.69, 9.17) is 10.00 Å². The molecule has 0 bridgehead atoms. The summed E-state index contributed by atoms with van der Waals surface area (Å²) < 4.78 is 5.36. The Bertz CT molecular complexity index is 546. The number of aliphatic hydroxyl groups is 1. The fraction of sp³-hybridized carbons (Fsp3) is 0.133. The topological polar surface area (TPSA) is 53.2 Å². The zero-order valence-corrected chi connectivity index (χ0v) is 9.78. The third kappa shape index (κ3) is 2.95. The molecule has 0 fully saturated rings. The highest BCUT2D eigenvalue weighted by Crippen LogP contribution is 2.17. The van der Waals surface area contributed by atoms with Crippen molar-refractivity contribution in [3.8, 4) is 6.07 Å². The Kier molecular flexibility index (Phi) is 4.08. The second-order valence-corrected chi connectivity index (χ2v) is 3.84. The summed E-state index contributed by atoms with van der Waals surface area (Å²) in [7, 11) is 0. The average Bonchev–Trinajstić information content (AvgIpc) is 2.46. The van der Waals surface area contributed by atoms with E-state index in [2.05, 4.69) is 6.07 Å². The molecule has 0 aliphatic carbocycles. The predicted molar refractivity (Wildman–Crippen MR) is 67.3 cm³/mol. The highest BCUT2D eigenvalue weighted by molar-refractivity contribution is 5.36. The van der Waals surface area contributed by atoms with Gasteiger partial charge in [0.1, 0.15) is 0 Å². The molecule has 2 aromatic rings. The summed E-state index contributed by atoms with van der Waals surface area (Å²) in [5.74, 6) is 0. The average molecular weight is 239 g/mol. The maximum Gasteiger partial charge on any atom is 0.181 e. The molecule has 18 heavy (non-hydrogen) atoms. The van der Waals surface area contributed by atoms with Crippen molar-refractivity contribution in [2.24, 2.45) is 0 Å². The lowest BCUT2D eigenvalue weighted by Crippen LogP contribution is -2.04. The van der Waals surface area contributed by atoms with Crippen LogP contribution in [0.15, 0.2) is 54.6 Å². The number of rotatable bonds is 4. The van der Waals surface area contributed by atoms with Gasteiger partial charge in [0, 0.05) is 5.56 Å². The summed E-state index contributed by atoms with van der Waals surface area (Å²) in [6.45, 7) is 0.208. The zero-order chi connectivity index (χ0) is 12.8. The number of nitriles is 1. The van der Waals surface area contributed by atoms with E-state index >= 15 is 0 Å². The SMILES string of the molecule is N#Cc1ccccc1COC(O)c1ccccc1. The van der Waals surface area contributed by atoms with Gasteiger partial charge in [-0.1, -0.05) is 48.5 Å². The molecule has 1 atom stereocenters. The molecule has 0 saturated carbocycles. The summed E-state index contributed by atoms with van der Waals surface area (Å²) in [6.07, 6.45) is -0.974. The Hall–Kier alpha value is -2.15. The Balaban J connectivity index is 2.02. The third-order valence-electron chi connectivity index (χ3n) is 2.62. The van der Waals surface area contributed by atoms with Crippen LogP contribution in [-0.2, 0) is 11.3 Å². The molecule has 0 radical (unpaired) electrons. The van der Waals surface area contributed by atoms with E-state index in [0.717, 1.165) is 5.56 Å². The van der Waals surface area contributed by atoms with Crippen molar-refractivity contribution < 1.29 is 9.84 Å². The maximum absolute atomic E-state index is 9.84. The van der Waals surface area contributed by atoms with Crippen LogP contribution in [0.3, 0.4) is 0 Å². The van der Waals surface area contributed by atoms with Crippen molar-refractivity contribution in [3.63, 3.8) is 0 Å². The minimum absolute atomic E-state index is 0.208. The quantitative estimate of drug-likeness (QED) is 0.835. The van der Waals surface area contributed by atoms with Crippen molar-refractivity contribution in [3.05, 3.63) is 71.3 Å². The summed E-state index contributed by atoms with van der Waals surface area (Å²) in [6, 6.07) is 18.4. The zero-order valence-electron chi connectivity index (χ0n) is 9.78. The van der Waals surface area contributed by atoms with Gasteiger partial charge in [-0.25, -0.2) is 0 Å². The maximum atomic E-state index is 9.84. The second kappa shape index (κ2) is 5.97. The van der Waals surface area contributed by atoms with Crippen LogP contribution in [0.25, 0.3) is 0 Å². The molecule has 0 spiro atoms. The molecule has 0 heterocycles. The fourth-order valence-corrected chi connectivity index (χ4v) is 1.64. The van der Waals surface area contributed by atoms with Crippen LogP contribution in [0.2, 0.25) is 0 Å². The molecule has 0 saturated heterocycles. The monoisotopic (exact) mass is 239 g/mol. The van der Waals surface area contributed by atoms with Crippen molar-refractivity contribution in [1.82, 2.24) is 0 Å². The summed E-state index contributed by atoms with van der Waals surface area (Å²) in [5, 5.41) is 18.8. The molecule has 3 heteroatoms. The van der Waals surface area contributed by atoms with E-state index in [9.17, 15) is 5.11 Å². The van der Waals surface area contributed by atoms with Gasteiger partial charge >= 0.3 is 0 Å². The first-order chi connectivity index (χ1) is 8.81. The molecule has 0 amide bonds. The molecule has 0 aliphatic heterocycles. The second-order valence-electron chi connectivity index (χ2n) is 3.84. The number of hydrogen-bond donors (Lipinski definition) is 1. The van der Waals surface area contributed by atoms with Gasteiger partial charge in [0.2, 0.25) is 0 Å². The third-order valence-corrected chi connectivity index (χ3v) is 2.62. The molecule has 1 N–H and O–H groups in total. The molecular formula is C15H13NO2. The Morgan fingerprint density at radius 1 is 1.06 bits per heavy atom. The normalized spacial score (nSPS) is 11.8. The largest absolute Gasteiger partial charge is 0.364 e. The van der Waals surface area contributed by atoms with E-state index in [1.54, 1.807) is 24.3 Å². The summed E-state index contributed by atoms with van der Waals surface area (Å²) >= 11 is 0. The first-order valence-corrected chi connectivity index (χ1v) is 5.64. The van der Waals surface area contributed by atoms with Crippen LogP contribution < -0.4 is 0 Å². The molecule has 90 valence electrons. The molecule has 3 nitrogen and oxygen atoms in total. The molecule has 1 unspecified atom stereocenters. The molecule has 2 aromatic carbocycles. The van der Waals surface area contributed by atoms with Gasteiger partial charge in [-0.3, -0.25) is 0 Å². The fourth-order valence-electron chi connectivity index (χ4n) is 1.64. The van der Waals surface area contributed by atoms with Crippen LogP contribution in [-0.4, -0.2) is 5.11 Å². The van der Waals surface area contributed by atoms with Crippen molar-refractivity contribution in [2.45, 2.75) is 12.9 Å². The van der Waals surface area contributed by atoms with Gasteiger partial charge in [0.25, 0.3) is 0 Å². The molecule has 0 aliphatic rings. The first-order valence-electron chi connectivity index (χ1n) is 5.64. The van der Waals surface area contributed by atoms with Crippen molar-refractivity contribution in [1.29, 1.82) is 5.26 Å². The van der Waals surface area contributed by atoms with Crippen LogP contribution in [0.4, 0.5) is 0 Å². The van der Waals surface area contributed by atoms with Gasteiger partial charge in [-0.2, -0.15) is 5.26 Å². The van der Waals surface area contributed by atoms with Crippen molar-refractivity contribution in [2.75, 3.05) is 0 Å². The lowest BCUT2D eigenvalue weighted by Gasteiger charge is -2.12. The van der Waals surface area contributed by atoms with E-state index in [0.29, 0.717) is 11.1 Å². The molecular weight excluding hydrogens is 226 g/mol. The van der Waals surface area contributed by atoms with Crippen molar-refractivity contribution >= 4 is 0 Å². The van der Waals surface area contributed by atoms with Crippen LogP contribution in [0.5, 0.6) is 0 Å². The van der Waals surface area contributed by atoms with E-state index in [-0.39, 0.29) is 6.61 Å². The Morgan fingerprint density at radius 3 is 2.44 bits per heavy atom. The van der Waals surface area contributed by atoms with E-state index < -0.39 is 6.29 Å². The van der Waals surface area contributed by atoms with Crippen LogP contribution in [0, 0.1) is 11.3 Å². The van der Waals surface area contributed by atoms with E-state index in [1.165, 1.54) is 0 Å². The van der Waals surface area contributed by atoms with Crippen LogP contribution in [0.1, 0.15) is 23.0 Å². The number of hydrogen-bond acceptors (Lipinski definition) is 3. The van der Waals surface area contributed by atoms with Gasteiger partial charge in [0.05, 0.1) is 18.2 Å². The number of benzene rings is 2. The first kappa shape index (κ1) is 12.3. The Morgan fingerprint density at radius 2 is 1.72 bits per heavy atom. The highest BCUT2D eigenvalue weighted by Gasteiger charge is 2.08. The van der Waals surface area contributed by atoms with Crippen LogP contribution >= 0.6 is 0 Å². The lowest BCUT2D eigenvalue weighted by molar-refractivity contribution is -0.112. The summed E-state index contributed by atoms with van der Waals surface area (Å²) in [5.41, 5.74) is 2.04. The lowest BCUT2D eigenvalue weighted by atomic mass is 10.1. The van der Waals surface area contributed by atoms with Gasteiger partial charge in [0.15, 0.2) is 6.29 Å².